The van der Waals surface area contributed by atoms with Crippen LogP contribution < -0.4 is 11.1 Å². The number of nitrogens with zero attached hydrogens (tertiary/aromatic N) is 1. The van der Waals surface area contributed by atoms with Gasteiger partial charge in [-0.25, -0.2) is 4.98 Å². The van der Waals surface area contributed by atoms with Crippen molar-refractivity contribution in [1.82, 2.24) is 4.98 Å². The first-order chi connectivity index (χ1) is 8.08. The molecule has 1 aromatic rings. The molecule has 1 amide bonds. The topological polar surface area (TPSA) is 77.2 Å². The molecule has 1 aliphatic rings. The van der Waals surface area contributed by atoms with Crippen LogP contribution in [0.25, 0.3) is 0 Å². The zero-order valence-corrected chi connectivity index (χ0v) is 10.8. The molecule has 3 N–H and O–H groups in total. The fourth-order valence-electron chi connectivity index (χ4n) is 1.76. The van der Waals surface area contributed by atoms with E-state index in [1.807, 2.05) is 19.2 Å². The fraction of sp³-hybridized carbons (Fsp3) is 0.636. The molecule has 6 heteroatoms. The number of carbonyl (C=O) groups excluding carboxylic acids is 1. The maximum Gasteiger partial charge on any atom is 0.255 e. The molecule has 1 fully saturated rings. The highest BCUT2D eigenvalue weighted by molar-refractivity contribution is 7.13. The molecule has 0 saturated carbocycles. The minimum absolute atomic E-state index is 0.111. The number of rotatable bonds is 3. The average Bonchev–Trinajstić information content (AvgIpc) is 2.86. The van der Waals surface area contributed by atoms with Gasteiger partial charge >= 0.3 is 0 Å². The van der Waals surface area contributed by atoms with E-state index in [9.17, 15) is 4.79 Å². The maximum absolute atomic E-state index is 11.9. The van der Waals surface area contributed by atoms with Crippen molar-refractivity contribution in [1.29, 1.82) is 0 Å². The first kappa shape index (κ1) is 12.5. The second-order valence-electron chi connectivity index (χ2n) is 4.41. The van der Waals surface area contributed by atoms with E-state index in [1.165, 1.54) is 11.3 Å². The van der Waals surface area contributed by atoms with Gasteiger partial charge in [0.25, 0.3) is 5.91 Å². The molecule has 2 rings (SSSR count). The van der Waals surface area contributed by atoms with Crippen molar-refractivity contribution in [3.05, 3.63) is 11.1 Å². The summed E-state index contributed by atoms with van der Waals surface area (Å²) < 4.78 is 5.39. The molecular weight excluding hydrogens is 238 g/mol. The lowest BCUT2D eigenvalue weighted by Gasteiger charge is -2.12. The standard InChI is InChI=1S/C11H17N3O2S/c1-6-3-4-16-9(6)10(15)14-11-13-8(5-17-11)7(2)12/h5-7,9H,3-4,12H2,1-2H3,(H,13,14,15). The van der Waals surface area contributed by atoms with Gasteiger partial charge in [0, 0.05) is 18.0 Å². The lowest BCUT2D eigenvalue weighted by molar-refractivity contribution is -0.126. The van der Waals surface area contributed by atoms with E-state index in [2.05, 4.69) is 10.3 Å². The molecule has 1 aliphatic heterocycles. The molecule has 1 saturated heterocycles. The summed E-state index contributed by atoms with van der Waals surface area (Å²) in [6.07, 6.45) is 0.582. The molecule has 3 atom stereocenters. The third kappa shape index (κ3) is 2.83. The normalized spacial score (nSPS) is 25.8. The number of nitrogens with one attached hydrogen (secondary N) is 1. The van der Waals surface area contributed by atoms with Crippen molar-refractivity contribution >= 4 is 22.4 Å². The molecule has 0 spiro atoms. The number of anilines is 1. The van der Waals surface area contributed by atoms with Crippen LogP contribution in [0.3, 0.4) is 0 Å². The summed E-state index contributed by atoms with van der Waals surface area (Å²) in [7, 11) is 0. The van der Waals surface area contributed by atoms with E-state index >= 15 is 0 Å². The van der Waals surface area contributed by atoms with Crippen LogP contribution in [0.15, 0.2) is 5.38 Å². The van der Waals surface area contributed by atoms with E-state index in [0.29, 0.717) is 11.7 Å². The largest absolute Gasteiger partial charge is 0.368 e. The number of aromatic nitrogens is 1. The smallest absolute Gasteiger partial charge is 0.255 e. The van der Waals surface area contributed by atoms with Gasteiger partial charge in [0.15, 0.2) is 5.13 Å². The van der Waals surface area contributed by atoms with Gasteiger partial charge in [0.05, 0.1) is 5.69 Å². The van der Waals surface area contributed by atoms with Gasteiger partial charge in [0.2, 0.25) is 0 Å². The van der Waals surface area contributed by atoms with Crippen LogP contribution in [0.2, 0.25) is 0 Å². The first-order valence-corrected chi connectivity index (χ1v) is 6.59. The third-order valence-corrected chi connectivity index (χ3v) is 3.64. The van der Waals surface area contributed by atoms with E-state index < -0.39 is 0 Å². The Labute approximate surface area is 104 Å². The second-order valence-corrected chi connectivity index (χ2v) is 5.27. The molecule has 0 radical (unpaired) electrons. The van der Waals surface area contributed by atoms with Crippen LogP contribution >= 0.6 is 11.3 Å². The number of amides is 1. The molecule has 0 aromatic carbocycles. The quantitative estimate of drug-likeness (QED) is 0.858. The molecule has 3 unspecified atom stereocenters. The number of hydrogen-bond donors (Lipinski definition) is 2. The molecular formula is C11H17N3O2S. The van der Waals surface area contributed by atoms with Gasteiger partial charge < -0.3 is 10.5 Å². The second kappa shape index (κ2) is 5.12. The number of thiazole rings is 1. The summed E-state index contributed by atoms with van der Waals surface area (Å²) >= 11 is 1.39. The first-order valence-electron chi connectivity index (χ1n) is 5.71. The van der Waals surface area contributed by atoms with E-state index in [-0.39, 0.29) is 24.0 Å². The third-order valence-electron chi connectivity index (χ3n) is 2.86. The van der Waals surface area contributed by atoms with Gasteiger partial charge in [-0.2, -0.15) is 0 Å². The Hall–Kier alpha value is -0.980. The van der Waals surface area contributed by atoms with Crippen LogP contribution in [0.5, 0.6) is 0 Å². The summed E-state index contributed by atoms with van der Waals surface area (Å²) in [5.41, 5.74) is 6.51. The molecule has 1 aromatic heterocycles. The monoisotopic (exact) mass is 255 g/mol. The predicted molar refractivity (Wildman–Crippen MR) is 66.9 cm³/mol. The number of hydrogen-bond acceptors (Lipinski definition) is 5. The van der Waals surface area contributed by atoms with E-state index in [1.54, 1.807) is 0 Å². The summed E-state index contributed by atoms with van der Waals surface area (Å²) in [4.78, 5) is 16.2. The molecule has 17 heavy (non-hydrogen) atoms. The SMILES string of the molecule is CC(N)c1csc(NC(=O)C2OCCC2C)n1. The van der Waals surface area contributed by atoms with Crippen LogP contribution in [0.1, 0.15) is 32.0 Å². The Morgan fingerprint density at radius 2 is 2.53 bits per heavy atom. The van der Waals surface area contributed by atoms with Crippen molar-refractivity contribution < 1.29 is 9.53 Å². The van der Waals surface area contributed by atoms with Crippen molar-refractivity contribution in [3.63, 3.8) is 0 Å². The van der Waals surface area contributed by atoms with Crippen LogP contribution in [0.4, 0.5) is 5.13 Å². The fourth-order valence-corrected chi connectivity index (χ4v) is 2.58. The Morgan fingerprint density at radius 1 is 1.76 bits per heavy atom. The molecule has 2 heterocycles. The maximum atomic E-state index is 11.9. The van der Waals surface area contributed by atoms with Crippen molar-refractivity contribution in [2.24, 2.45) is 11.7 Å². The van der Waals surface area contributed by atoms with Crippen molar-refractivity contribution in [3.8, 4) is 0 Å². The molecule has 0 aliphatic carbocycles. The minimum atomic E-state index is -0.349. The van der Waals surface area contributed by atoms with Gasteiger partial charge in [-0.05, 0) is 19.3 Å². The average molecular weight is 255 g/mol. The Kier molecular flexibility index (Phi) is 3.76. The number of ether oxygens (including phenoxy) is 1. The number of carbonyl (C=O) groups is 1. The van der Waals surface area contributed by atoms with E-state index in [4.69, 9.17) is 10.5 Å². The molecule has 0 bridgehead atoms. The highest BCUT2D eigenvalue weighted by atomic mass is 32.1. The molecule has 5 nitrogen and oxygen atoms in total. The van der Waals surface area contributed by atoms with Gasteiger partial charge in [0.1, 0.15) is 6.10 Å². The van der Waals surface area contributed by atoms with Crippen LogP contribution in [0, 0.1) is 5.92 Å². The Morgan fingerprint density at radius 3 is 3.06 bits per heavy atom. The minimum Gasteiger partial charge on any atom is -0.368 e. The lowest BCUT2D eigenvalue weighted by Crippen LogP contribution is -2.31. The Bertz CT molecular complexity index is 405. The zero-order chi connectivity index (χ0) is 12.4. The summed E-state index contributed by atoms with van der Waals surface area (Å²) in [5, 5.41) is 5.23. The Balaban J connectivity index is 1.97. The predicted octanol–water partition coefficient (Wildman–Crippen LogP) is 1.53. The summed E-state index contributed by atoms with van der Waals surface area (Å²) in [6, 6.07) is -0.112. The highest BCUT2D eigenvalue weighted by Crippen LogP contribution is 2.23. The van der Waals surface area contributed by atoms with Crippen LogP contribution in [-0.2, 0) is 9.53 Å². The number of nitrogens with two attached hydrogens (primary N) is 1. The summed E-state index contributed by atoms with van der Waals surface area (Å²) in [5.74, 6) is 0.156. The van der Waals surface area contributed by atoms with Gasteiger partial charge in [-0.3, -0.25) is 10.1 Å². The zero-order valence-electron chi connectivity index (χ0n) is 9.97. The van der Waals surface area contributed by atoms with Crippen LogP contribution in [-0.4, -0.2) is 23.6 Å². The van der Waals surface area contributed by atoms with Gasteiger partial charge in [-0.1, -0.05) is 6.92 Å². The van der Waals surface area contributed by atoms with E-state index in [0.717, 1.165) is 12.1 Å². The summed E-state index contributed by atoms with van der Waals surface area (Å²) in [6.45, 7) is 4.54. The van der Waals surface area contributed by atoms with Crippen molar-refractivity contribution in [2.45, 2.75) is 32.4 Å². The lowest BCUT2D eigenvalue weighted by atomic mass is 10.0. The van der Waals surface area contributed by atoms with Crippen molar-refractivity contribution in [2.75, 3.05) is 11.9 Å². The van der Waals surface area contributed by atoms with Gasteiger partial charge in [-0.15, -0.1) is 11.3 Å². The highest BCUT2D eigenvalue weighted by Gasteiger charge is 2.31. The molecule has 94 valence electrons.